The molecule has 3 aliphatic rings. The molecule has 2 aromatic rings. The number of carbonyl (C=O) groups is 2. The van der Waals surface area contributed by atoms with Gasteiger partial charge in [-0.2, -0.15) is 4.31 Å². The molecule has 10 nitrogen and oxygen atoms in total. The Morgan fingerprint density at radius 1 is 1.13 bits per heavy atom. The summed E-state index contributed by atoms with van der Waals surface area (Å²) in [4.78, 5) is 26.6. The lowest BCUT2D eigenvalue weighted by atomic mass is 9.85. The number of nitrogens with one attached hydrogen (secondary N) is 3. The van der Waals surface area contributed by atoms with Gasteiger partial charge >= 0.3 is 6.09 Å². The third-order valence-electron chi connectivity index (χ3n) is 9.38. The number of hydrogen-bond acceptors (Lipinski definition) is 7. The van der Waals surface area contributed by atoms with Crippen LogP contribution in [-0.4, -0.2) is 81.5 Å². The van der Waals surface area contributed by atoms with Gasteiger partial charge in [-0.15, -0.1) is 0 Å². The Kier molecular flexibility index (Phi) is 11.9. The summed E-state index contributed by atoms with van der Waals surface area (Å²) in [6.07, 6.45) is 5.52. The molecule has 0 spiro atoms. The highest BCUT2D eigenvalue weighted by atomic mass is 35.5. The van der Waals surface area contributed by atoms with Crippen molar-refractivity contribution in [2.45, 2.75) is 87.9 Å². The Bertz CT molecular complexity index is 1460. The van der Waals surface area contributed by atoms with E-state index in [2.05, 4.69) is 16.0 Å². The lowest BCUT2D eigenvalue weighted by Crippen LogP contribution is -2.57. The maximum atomic E-state index is 15.4. The largest absolute Gasteiger partial charge is 0.453 e. The maximum Gasteiger partial charge on any atom is 0.407 e. The van der Waals surface area contributed by atoms with Gasteiger partial charge in [-0.25, -0.2) is 17.6 Å². The molecular weight excluding hydrogens is 635 g/mol. The van der Waals surface area contributed by atoms with Gasteiger partial charge in [-0.1, -0.05) is 29.8 Å². The van der Waals surface area contributed by atoms with Crippen molar-refractivity contribution >= 4 is 39.3 Å². The second-order valence-corrected chi connectivity index (χ2v) is 14.9. The van der Waals surface area contributed by atoms with E-state index in [9.17, 15) is 18.0 Å². The van der Waals surface area contributed by atoms with E-state index >= 15 is 4.39 Å². The molecule has 0 saturated carbocycles. The summed E-state index contributed by atoms with van der Waals surface area (Å²) in [5, 5.41) is 9.59. The number of halogens is 2. The number of rotatable bonds is 11. The Morgan fingerprint density at radius 2 is 1.93 bits per heavy atom. The van der Waals surface area contributed by atoms with Gasteiger partial charge in [-0.3, -0.25) is 4.79 Å². The predicted molar refractivity (Wildman–Crippen MR) is 175 cm³/mol. The second kappa shape index (κ2) is 15.9. The zero-order valence-electron chi connectivity index (χ0n) is 26.2. The van der Waals surface area contributed by atoms with Crippen molar-refractivity contribution in [2.75, 3.05) is 37.9 Å². The topological polar surface area (TPSA) is 126 Å². The van der Waals surface area contributed by atoms with Crippen LogP contribution in [0.5, 0.6) is 0 Å². The van der Waals surface area contributed by atoms with Crippen molar-refractivity contribution in [3.63, 3.8) is 0 Å². The van der Waals surface area contributed by atoms with E-state index in [-0.39, 0.29) is 41.6 Å². The number of sulfonamides is 1. The molecular formula is C33H44ClFN4O6S. The van der Waals surface area contributed by atoms with Gasteiger partial charge in [0.1, 0.15) is 11.9 Å². The minimum atomic E-state index is -3.40. The number of benzene rings is 2. The zero-order valence-corrected chi connectivity index (χ0v) is 27.8. The third kappa shape index (κ3) is 8.77. The SMILES string of the molecule is COC(=O)N[C@H](C(=O)Nc1cccc(F)c1CCC1CNC2CCCS(=O)(=O)N1C2)[C@H](CCC1CCCCO1)c1ccc(Cl)cc1. The highest BCUT2D eigenvalue weighted by molar-refractivity contribution is 7.89. The molecule has 0 aromatic heterocycles. The van der Waals surface area contributed by atoms with Gasteiger partial charge in [0.15, 0.2) is 0 Å². The fraction of sp³-hybridized carbons (Fsp3) is 0.576. The average Bonchev–Trinajstić information content (AvgIpc) is 3.16. The fourth-order valence-corrected chi connectivity index (χ4v) is 8.80. The molecule has 6 atom stereocenters. The van der Waals surface area contributed by atoms with Crippen LogP contribution in [0.25, 0.3) is 0 Å². The number of alkyl carbamates (subject to hydrolysis) is 1. The molecule has 3 aliphatic heterocycles. The summed E-state index contributed by atoms with van der Waals surface area (Å²) in [5.41, 5.74) is 1.35. The molecule has 13 heteroatoms. The number of methoxy groups -OCH3 is 1. The lowest BCUT2D eigenvalue weighted by molar-refractivity contribution is -0.118. The molecule has 5 rings (SSSR count). The number of hydrogen-bond donors (Lipinski definition) is 3. The number of nitrogens with zero attached hydrogens (tertiary/aromatic N) is 1. The van der Waals surface area contributed by atoms with Gasteiger partial charge in [0.05, 0.1) is 19.0 Å². The number of piperazine rings is 1. The molecule has 2 bridgehead atoms. The van der Waals surface area contributed by atoms with Crippen LogP contribution in [0.15, 0.2) is 42.5 Å². The van der Waals surface area contributed by atoms with Crippen LogP contribution in [0.3, 0.4) is 0 Å². The molecule has 2 amide bonds. The first-order valence-corrected chi connectivity index (χ1v) is 18.2. The van der Waals surface area contributed by atoms with Crippen molar-refractivity contribution in [1.82, 2.24) is 14.9 Å². The first-order valence-electron chi connectivity index (χ1n) is 16.2. The van der Waals surface area contributed by atoms with Crippen LogP contribution in [0.1, 0.15) is 68.4 Å². The van der Waals surface area contributed by atoms with Crippen LogP contribution in [0, 0.1) is 5.82 Å². The summed E-state index contributed by atoms with van der Waals surface area (Å²) >= 11 is 6.18. The van der Waals surface area contributed by atoms with E-state index in [1.807, 2.05) is 12.1 Å². The fourth-order valence-electron chi connectivity index (χ4n) is 6.87. The second-order valence-electron chi connectivity index (χ2n) is 12.4. The standard InChI is InChI=1S/C33H44ClFN4O6S/c1-44-33(41)38-31(27(22-10-12-23(34)13-11-22)17-15-26-7-2-3-18-45-26)32(40)37-30-9-4-8-29(35)28(30)16-14-25-20-36-24-6-5-19-46(42,43)39(25)21-24/h4,8-13,24-27,31,36H,2-3,5-7,14-21H2,1H3,(H,37,40)(H,38,41)/t24?,25?,26?,27-,31+/m1/s1. The molecule has 3 heterocycles. The van der Waals surface area contributed by atoms with Crippen molar-refractivity contribution < 1.29 is 31.9 Å². The first-order chi connectivity index (χ1) is 22.1. The minimum Gasteiger partial charge on any atom is -0.453 e. The summed E-state index contributed by atoms with van der Waals surface area (Å²) < 4.78 is 53.7. The van der Waals surface area contributed by atoms with E-state index in [1.165, 1.54) is 19.2 Å². The summed E-state index contributed by atoms with van der Waals surface area (Å²) in [7, 11) is -2.17. The molecule has 0 aliphatic carbocycles. The van der Waals surface area contributed by atoms with Gasteiger partial charge in [0.25, 0.3) is 0 Å². The summed E-state index contributed by atoms with van der Waals surface area (Å²) in [6, 6.07) is 10.3. The average molecular weight is 679 g/mol. The minimum absolute atomic E-state index is 0.0535. The van der Waals surface area contributed by atoms with Crippen LogP contribution >= 0.6 is 11.6 Å². The molecule has 4 unspecified atom stereocenters. The smallest absolute Gasteiger partial charge is 0.407 e. The van der Waals surface area contributed by atoms with Crippen molar-refractivity contribution in [2.24, 2.45) is 0 Å². The van der Waals surface area contributed by atoms with Gasteiger partial charge in [0.2, 0.25) is 15.9 Å². The number of ether oxygens (including phenoxy) is 2. The quantitative estimate of drug-likeness (QED) is 0.306. The molecule has 3 N–H and O–H groups in total. The highest BCUT2D eigenvalue weighted by Gasteiger charge is 2.38. The van der Waals surface area contributed by atoms with E-state index in [0.717, 1.165) is 31.2 Å². The van der Waals surface area contributed by atoms with Crippen molar-refractivity contribution in [1.29, 1.82) is 0 Å². The Morgan fingerprint density at radius 3 is 2.67 bits per heavy atom. The molecule has 0 radical (unpaired) electrons. The molecule has 3 saturated heterocycles. The van der Waals surface area contributed by atoms with Gasteiger partial charge in [0, 0.05) is 54.0 Å². The Labute approximate surface area is 275 Å². The summed E-state index contributed by atoms with van der Waals surface area (Å²) in [5.74, 6) is -1.38. The Hall–Kier alpha value is -2.77. The zero-order chi connectivity index (χ0) is 32.7. The van der Waals surface area contributed by atoms with Crippen molar-refractivity contribution in [3.05, 3.63) is 64.4 Å². The molecule has 252 valence electrons. The van der Waals surface area contributed by atoms with E-state index in [0.29, 0.717) is 50.4 Å². The van der Waals surface area contributed by atoms with Crippen LogP contribution in [0.4, 0.5) is 14.9 Å². The third-order valence-corrected chi connectivity index (χ3v) is 11.6. The highest BCUT2D eigenvalue weighted by Crippen LogP contribution is 2.32. The number of carbonyl (C=O) groups excluding carboxylic acids is 2. The lowest BCUT2D eigenvalue weighted by Gasteiger charge is -2.37. The van der Waals surface area contributed by atoms with Crippen LogP contribution in [-0.2, 0) is 30.7 Å². The van der Waals surface area contributed by atoms with E-state index in [1.54, 1.807) is 22.5 Å². The van der Waals surface area contributed by atoms with E-state index < -0.39 is 39.8 Å². The van der Waals surface area contributed by atoms with Gasteiger partial charge < -0.3 is 25.4 Å². The molecule has 46 heavy (non-hydrogen) atoms. The molecule has 2 aromatic carbocycles. The first kappa shape index (κ1) is 34.6. The maximum absolute atomic E-state index is 15.4. The number of fused-ring (bicyclic) bond motifs is 2. The number of anilines is 1. The van der Waals surface area contributed by atoms with Crippen LogP contribution in [0.2, 0.25) is 5.02 Å². The van der Waals surface area contributed by atoms with Gasteiger partial charge in [-0.05, 0) is 87.6 Å². The predicted octanol–water partition coefficient (Wildman–Crippen LogP) is 4.97. The molecule has 3 fully saturated rings. The Balaban J connectivity index is 1.37. The van der Waals surface area contributed by atoms with Crippen molar-refractivity contribution in [3.8, 4) is 0 Å². The van der Waals surface area contributed by atoms with Crippen LogP contribution < -0.4 is 16.0 Å². The number of amides is 2. The normalized spacial score (nSPS) is 25.5. The van der Waals surface area contributed by atoms with E-state index in [4.69, 9.17) is 21.1 Å². The summed E-state index contributed by atoms with van der Waals surface area (Å²) in [6.45, 7) is 1.59. The monoisotopic (exact) mass is 678 g/mol.